The van der Waals surface area contributed by atoms with Gasteiger partial charge in [0, 0.05) is 12.6 Å². The highest BCUT2D eigenvalue weighted by Crippen LogP contribution is 1.92. The first-order valence-electron chi connectivity index (χ1n) is 2.94. The molecule has 0 radical (unpaired) electrons. The maximum atomic E-state index is 10.7. The largest absolute Gasteiger partial charge is 0.298 e. The predicted molar refractivity (Wildman–Crippen MR) is 34.2 cm³/mol. The Morgan fingerprint density at radius 1 is 1.80 bits per heavy atom. The fourth-order valence-corrected chi connectivity index (χ4v) is 0.656. The third-order valence-electron chi connectivity index (χ3n) is 1.15. The summed E-state index contributed by atoms with van der Waals surface area (Å²) in [7, 11) is 0. The minimum absolute atomic E-state index is 0.0917. The smallest absolute Gasteiger partial charge is 0.199 e. The lowest BCUT2D eigenvalue weighted by molar-refractivity contribution is -0.117. The van der Waals surface area contributed by atoms with Crippen molar-refractivity contribution >= 4 is 5.78 Å². The van der Waals surface area contributed by atoms with Gasteiger partial charge in [0.15, 0.2) is 12.0 Å². The summed E-state index contributed by atoms with van der Waals surface area (Å²) in [6, 6.07) is 0. The Labute approximate surface area is 58.7 Å². The summed E-state index contributed by atoms with van der Waals surface area (Å²) in [5.41, 5.74) is 2.62. The number of allylic oxidation sites excluding steroid dienone is 1. The Kier molecular flexibility index (Phi) is 2.03. The number of hydrazine groups is 1. The van der Waals surface area contributed by atoms with E-state index in [0.717, 1.165) is 0 Å². The molecule has 1 aliphatic heterocycles. The van der Waals surface area contributed by atoms with E-state index in [2.05, 4.69) is 5.43 Å². The lowest BCUT2D eigenvalue weighted by atomic mass is 10.3. The first-order valence-corrected chi connectivity index (χ1v) is 2.94. The van der Waals surface area contributed by atoms with Crippen LogP contribution >= 0.6 is 0 Å². The molecule has 0 fully saturated rings. The molecule has 0 amide bonds. The van der Waals surface area contributed by atoms with Gasteiger partial charge in [-0.1, -0.05) is 6.08 Å². The molecule has 52 valence electrons. The molecule has 4 nitrogen and oxygen atoms in total. The minimum Gasteiger partial charge on any atom is -0.298 e. The number of Topliss-reactive ketones (excluding diaryl/α,β-unsaturated/α-hetero) is 1. The molecule has 0 aromatic rings. The van der Waals surface area contributed by atoms with E-state index in [4.69, 9.17) is 5.26 Å². The van der Waals surface area contributed by atoms with Gasteiger partial charge in [-0.25, -0.2) is 10.4 Å². The van der Waals surface area contributed by atoms with Crippen molar-refractivity contribution < 1.29 is 4.79 Å². The van der Waals surface area contributed by atoms with Crippen LogP contribution in [0.25, 0.3) is 0 Å². The summed E-state index contributed by atoms with van der Waals surface area (Å²) in [5.74, 6) is 0.0917. The molecule has 10 heavy (non-hydrogen) atoms. The van der Waals surface area contributed by atoms with Crippen molar-refractivity contribution in [3.8, 4) is 6.19 Å². The molecule has 0 saturated carbocycles. The average Bonchev–Trinajstić information content (AvgIpc) is 2.14. The second kappa shape index (κ2) is 2.99. The van der Waals surface area contributed by atoms with Crippen LogP contribution in [0.4, 0.5) is 0 Å². The molecule has 0 aliphatic carbocycles. The van der Waals surface area contributed by atoms with Crippen LogP contribution in [0.5, 0.6) is 0 Å². The van der Waals surface area contributed by atoms with Crippen LogP contribution in [-0.2, 0) is 4.79 Å². The Morgan fingerprint density at radius 2 is 2.60 bits per heavy atom. The van der Waals surface area contributed by atoms with Gasteiger partial charge >= 0.3 is 0 Å². The summed E-state index contributed by atoms with van der Waals surface area (Å²) in [6.45, 7) is 0.237. The molecule has 0 atom stereocenters. The molecule has 0 saturated heterocycles. The Bertz CT molecular complexity index is 204. The zero-order valence-electron chi connectivity index (χ0n) is 5.37. The van der Waals surface area contributed by atoms with Gasteiger partial charge in [-0.3, -0.25) is 4.79 Å². The maximum absolute atomic E-state index is 10.7. The van der Waals surface area contributed by atoms with Gasteiger partial charge in [0.2, 0.25) is 0 Å². The van der Waals surface area contributed by atoms with Crippen LogP contribution in [0.15, 0.2) is 12.3 Å². The minimum atomic E-state index is 0.0917. The molecule has 1 N–H and O–H groups in total. The van der Waals surface area contributed by atoms with Gasteiger partial charge in [0.1, 0.15) is 0 Å². The van der Waals surface area contributed by atoms with Crippen LogP contribution in [0.3, 0.4) is 0 Å². The summed E-state index contributed by atoms with van der Waals surface area (Å²) < 4.78 is 0. The number of nitrogens with one attached hydrogen (secondary N) is 1. The number of hydrogen-bond donors (Lipinski definition) is 1. The van der Waals surface area contributed by atoms with E-state index in [-0.39, 0.29) is 12.3 Å². The van der Waals surface area contributed by atoms with E-state index in [1.165, 1.54) is 5.01 Å². The summed E-state index contributed by atoms with van der Waals surface area (Å²) in [5, 5.41) is 9.57. The van der Waals surface area contributed by atoms with Crippen LogP contribution < -0.4 is 5.43 Å². The predicted octanol–water partition coefficient (Wildman–Crippen LogP) is -0.239. The first kappa shape index (κ1) is 6.78. The number of nitrogens with zero attached hydrogens (tertiary/aromatic N) is 2. The molecule has 0 aromatic heterocycles. The number of ketones is 1. The number of carbonyl (C=O) groups excluding carboxylic acids is 1. The van der Waals surface area contributed by atoms with Crippen LogP contribution in [0.1, 0.15) is 6.42 Å². The van der Waals surface area contributed by atoms with E-state index in [9.17, 15) is 4.79 Å². The molecule has 0 bridgehead atoms. The molecule has 4 heteroatoms. The highest BCUT2D eigenvalue weighted by atomic mass is 16.1. The second-order valence-electron chi connectivity index (χ2n) is 1.93. The molecular weight excluding hydrogens is 130 g/mol. The highest BCUT2D eigenvalue weighted by molar-refractivity contribution is 5.82. The van der Waals surface area contributed by atoms with Crippen molar-refractivity contribution in [1.82, 2.24) is 10.4 Å². The molecule has 1 aliphatic rings. The van der Waals surface area contributed by atoms with Gasteiger partial charge in [0.25, 0.3) is 0 Å². The van der Waals surface area contributed by atoms with Gasteiger partial charge in [-0.15, -0.1) is 0 Å². The Morgan fingerprint density at radius 3 is 3.30 bits per heavy atom. The van der Waals surface area contributed by atoms with Crippen molar-refractivity contribution in [2.24, 2.45) is 0 Å². The number of carbonyl (C=O) groups is 1. The van der Waals surface area contributed by atoms with Crippen molar-refractivity contribution in [1.29, 1.82) is 5.26 Å². The lowest BCUT2D eigenvalue weighted by Crippen LogP contribution is -2.31. The summed E-state index contributed by atoms with van der Waals surface area (Å²) in [4.78, 5) is 10.7. The summed E-state index contributed by atoms with van der Waals surface area (Å²) >= 11 is 0. The van der Waals surface area contributed by atoms with Gasteiger partial charge in [-0.2, -0.15) is 5.26 Å². The fourth-order valence-electron chi connectivity index (χ4n) is 0.656. The quantitative estimate of drug-likeness (QED) is 0.468. The first-order chi connectivity index (χ1) is 4.83. The normalized spacial score (nSPS) is 18.3. The van der Waals surface area contributed by atoms with E-state index in [1.807, 2.05) is 6.19 Å². The molecule has 1 rings (SSSR count). The van der Waals surface area contributed by atoms with Crippen molar-refractivity contribution in [2.75, 3.05) is 6.54 Å². The molecule has 1 heterocycles. The van der Waals surface area contributed by atoms with Crippen LogP contribution in [0.2, 0.25) is 0 Å². The van der Waals surface area contributed by atoms with Crippen LogP contribution in [-0.4, -0.2) is 17.3 Å². The second-order valence-corrected chi connectivity index (χ2v) is 1.93. The third-order valence-corrected chi connectivity index (χ3v) is 1.15. The molecular formula is C6H7N3O. The topological polar surface area (TPSA) is 56.1 Å². The standard InChI is InChI=1S/C6H7N3O/c7-5-9-3-1-2-6(10)4-8-9/h1,3,8H,2,4H2. The number of rotatable bonds is 0. The number of hydrogen-bond acceptors (Lipinski definition) is 4. The van der Waals surface area contributed by atoms with Gasteiger partial charge in [-0.05, 0) is 0 Å². The molecule has 0 unspecified atom stereocenters. The SMILES string of the molecule is N#CN1C=CCC(=O)CN1. The Balaban J connectivity index is 2.56. The van der Waals surface area contributed by atoms with Crippen molar-refractivity contribution in [2.45, 2.75) is 6.42 Å². The van der Waals surface area contributed by atoms with Crippen LogP contribution in [0, 0.1) is 11.5 Å². The van der Waals surface area contributed by atoms with E-state index in [1.54, 1.807) is 12.3 Å². The van der Waals surface area contributed by atoms with E-state index in [0.29, 0.717) is 6.42 Å². The van der Waals surface area contributed by atoms with E-state index >= 15 is 0 Å². The lowest BCUT2D eigenvalue weighted by Gasteiger charge is -2.06. The monoisotopic (exact) mass is 137 g/mol. The van der Waals surface area contributed by atoms with Crippen molar-refractivity contribution in [3.05, 3.63) is 12.3 Å². The van der Waals surface area contributed by atoms with Gasteiger partial charge < -0.3 is 0 Å². The zero-order chi connectivity index (χ0) is 7.40. The third kappa shape index (κ3) is 1.57. The fraction of sp³-hybridized carbons (Fsp3) is 0.333. The molecule has 0 spiro atoms. The molecule has 0 aromatic carbocycles. The number of nitriles is 1. The highest BCUT2D eigenvalue weighted by Gasteiger charge is 2.05. The zero-order valence-corrected chi connectivity index (χ0v) is 5.37. The summed E-state index contributed by atoms with van der Waals surface area (Å²) in [6.07, 6.45) is 5.46. The van der Waals surface area contributed by atoms with E-state index < -0.39 is 0 Å². The Hall–Kier alpha value is -1.34. The average molecular weight is 137 g/mol. The maximum Gasteiger partial charge on any atom is 0.199 e. The van der Waals surface area contributed by atoms with Crippen molar-refractivity contribution in [3.63, 3.8) is 0 Å². The van der Waals surface area contributed by atoms with Gasteiger partial charge in [0.05, 0.1) is 6.54 Å².